The van der Waals surface area contributed by atoms with Crippen LogP contribution in [0.5, 0.6) is 0 Å². The molecule has 5 aromatic rings. The Hall–Kier alpha value is -5.25. The first-order valence-electron chi connectivity index (χ1n) is 12.6. The smallest absolute Gasteiger partial charge is 0.332 e. The van der Waals surface area contributed by atoms with Crippen LogP contribution in [0.1, 0.15) is 21.7 Å². The molecule has 0 atom stereocenters. The van der Waals surface area contributed by atoms with Crippen molar-refractivity contribution in [2.24, 2.45) is 0 Å². The lowest BCUT2D eigenvalue weighted by Gasteiger charge is -2.15. The molecule has 0 aliphatic carbocycles. The molecule has 10 heteroatoms. The number of halogens is 1. The maximum atomic E-state index is 14.1. The summed E-state index contributed by atoms with van der Waals surface area (Å²) in [6.45, 7) is -0.304. The number of carbonyl (C=O) groups is 2. The highest BCUT2D eigenvalue weighted by Crippen LogP contribution is 2.15. The summed E-state index contributed by atoms with van der Waals surface area (Å²) in [5, 5.41) is 5.42. The van der Waals surface area contributed by atoms with Gasteiger partial charge >= 0.3 is 5.69 Å². The molecule has 0 saturated carbocycles. The van der Waals surface area contributed by atoms with E-state index in [-0.39, 0.29) is 28.7 Å². The summed E-state index contributed by atoms with van der Waals surface area (Å²) in [4.78, 5) is 52.7. The number of aromatic nitrogens is 2. The van der Waals surface area contributed by atoms with Gasteiger partial charge in [0.2, 0.25) is 5.91 Å². The molecule has 0 saturated heterocycles. The standard InChI is InChI=1S/C30H25FN4O5/c31-24-10-4-5-11-25(24)33-27(36)19-34-26-17-21(28(37)32-15-14-20-7-2-1-3-8-20)12-13-23(26)29(38)35(30(34)39)18-22-9-6-16-40-22/h1-13,16-17H,14-15,18-19H2,(H,32,37)(H,33,36). The van der Waals surface area contributed by atoms with E-state index in [4.69, 9.17) is 4.42 Å². The highest BCUT2D eigenvalue weighted by molar-refractivity contribution is 5.98. The summed E-state index contributed by atoms with van der Waals surface area (Å²) < 4.78 is 21.5. The third kappa shape index (κ3) is 5.75. The van der Waals surface area contributed by atoms with Gasteiger partial charge in [-0.3, -0.25) is 23.5 Å². The van der Waals surface area contributed by atoms with E-state index in [1.807, 2.05) is 30.3 Å². The van der Waals surface area contributed by atoms with E-state index in [1.165, 1.54) is 42.7 Å². The van der Waals surface area contributed by atoms with Gasteiger partial charge in [0.15, 0.2) is 0 Å². The van der Waals surface area contributed by atoms with Crippen LogP contribution in [0.15, 0.2) is 105 Å². The van der Waals surface area contributed by atoms with Gasteiger partial charge in [-0.1, -0.05) is 42.5 Å². The molecular formula is C30H25FN4O5. The minimum absolute atomic E-state index is 0.0488. The van der Waals surface area contributed by atoms with E-state index < -0.39 is 35.4 Å². The van der Waals surface area contributed by atoms with Crippen molar-refractivity contribution in [1.82, 2.24) is 14.5 Å². The number of nitrogens with one attached hydrogen (secondary N) is 2. The molecule has 5 rings (SSSR count). The summed E-state index contributed by atoms with van der Waals surface area (Å²) in [5.74, 6) is -1.34. The SMILES string of the molecule is O=C(Cn1c(=O)n(Cc2ccco2)c(=O)c2ccc(C(=O)NCCc3ccccc3)cc21)Nc1ccccc1F. The van der Waals surface area contributed by atoms with Gasteiger partial charge in [0.1, 0.15) is 18.1 Å². The normalized spacial score (nSPS) is 10.9. The molecule has 0 spiro atoms. The Morgan fingerprint density at radius 3 is 2.40 bits per heavy atom. The average molecular weight is 541 g/mol. The van der Waals surface area contributed by atoms with Gasteiger partial charge in [-0.25, -0.2) is 9.18 Å². The average Bonchev–Trinajstić information content (AvgIpc) is 3.48. The minimum atomic E-state index is -0.779. The fourth-order valence-electron chi connectivity index (χ4n) is 4.37. The van der Waals surface area contributed by atoms with Crippen LogP contribution in [-0.2, 0) is 24.3 Å². The number of carbonyl (C=O) groups excluding carboxylic acids is 2. The number of amides is 2. The number of anilines is 1. The second-order valence-corrected chi connectivity index (χ2v) is 9.09. The summed E-state index contributed by atoms with van der Waals surface area (Å²) in [6, 6.07) is 22.9. The molecule has 2 amide bonds. The van der Waals surface area contributed by atoms with Crippen molar-refractivity contribution in [1.29, 1.82) is 0 Å². The summed E-state index contributed by atoms with van der Waals surface area (Å²) in [6.07, 6.45) is 2.04. The molecule has 3 aromatic carbocycles. The van der Waals surface area contributed by atoms with E-state index in [0.29, 0.717) is 18.7 Å². The predicted molar refractivity (Wildman–Crippen MR) is 148 cm³/mol. The van der Waals surface area contributed by atoms with Crippen LogP contribution in [-0.4, -0.2) is 27.5 Å². The van der Waals surface area contributed by atoms with Gasteiger partial charge < -0.3 is 15.1 Å². The van der Waals surface area contributed by atoms with Gasteiger partial charge in [0.25, 0.3) is 11.5 Å². The van der Waals surface area contributed by atoms with Crippen LogP contribution < -0.4 is 21.9 Å². The molecule has 0 bridgehead atoms. The maximum absolute atomic E-state index is 14.1. The topological polar surface area (TPSA) is 115 Å². The molecule has 0 fully saturated rings. The quantitative estimate of drug-likeness (QED) is 0.297. The van der Waals surface area contributed by atoms with Crippen LogP contribution in [0.4, 0.5) is 10.1 Å². The molecule has 0 radical (unpaired) electrons. The van der Waals surface area contributed by atoms with Gasteiger partial charge in [-0.05, 0) is 54.4 Å². The lowest BCUT2D eigenvalue weighted by atomic mass is 10.1. The predicted octanol–water partition coefficient (Wildman–Crippen LogP) is 3.55. The van der Waals surface area contributed by atoms with Crippen molar-refractivity contribution in [2.75, 3.05) is 11.9 Å². The number of fused-ring (bicyclic) bond motifs is 1. The Kier molecular flexibility index (Phi) is 7.68. The Morgan fingerprint density at radius 2 is 1.65 bits per heavy atom. The number of rotatable bonds is 9. The molecule has 2 aromatic heterocycles. The molecule has 9 nitrogen and oxygen atoms in total. The zero-order chi connectivity index (χ0) is 28.1. The lowest BCUT2D eigenvalue weighted by molar-refractivity contribution is -0.116. The van der Waals surface area contributed by atoms with E-state index in [0.717, 1.165) is 14.7 Å². The van der Waals surface area contributed by atoms with Crippen molar-refractivity contribution in [2.45, 2.75) is 19.5 Å². The van der Waals surface area contributed by atoms with Gasteiger partial charge in [-0.2, -0.15) is 0 Å². The zero-order valence-electron chi connectivity index (χ0n) is 21.3. The first kappa shape index (κ1) is 26.4. The second kappa shape index (κ2) is 11.6. The van der Waals surface area contributed by atoms with Gasteiger partial charge in [0, 0.05) is 12.1 Å². The minimum Gasteiger partial charge on any atom is -0.467 e. The van der Waals surface area contributed by atoms with E-state index >= 15 is 0 Å². The number of para-hydroxylation sites is 1. The highest BCUT2D eigenvalue weighted by atomic mass is 19.1. The Bertz CT molecular complexity index is 1790. The summed E-state index contributed by atoms with van der Waals surface area (Å²) in [5.41, 5.74) is -0.0470. The zero-order valence-corrected chi connectivity index (χ0v) is 21.3. The highest BCUT2D eigenvalue weighted by Gasteiger charge is 2.19. The number of nitrogens with zero attached hydrogens (tertiary/aromatic N) is 2. The number of hydrogen-bond acceptors (Lipinski definition) is 5. The van der Waals surface area contributed by atoms with Crippen molar-refractivity contribution in [3.8, 4) is 0 Å². The molecule has 0 aliphatic heterocycles. The third-order valence-electron chi connectivity index (χ3n) is 6.37. The van der Waals surface area contributed by atoms with Crippen molar-refractivity contribution < 1.29 is 18.4 Å². The fraction of sp³-hybridized carbons (Fsp3) is 0.133. The van der Waals surface area contributed by atoms with Crippen LogP contribution in [0, 0.1) is 5.82 Å². The van der Waals surface area contributed by atoms with Crippen molar-refractivity contribution in [3.05, 3.63) is 135 Å². The lowest BCUT2D eigenvalue weighted by Crippen LogP contribution is -2.42. The fourth-order valence-corrected chi connectivity index (χ4v) is 4.37. The van der Waals surface area contributed by atoms with Gasteiger partial charge in [-0.15, -0.1) is 0 Å². The monoisotopic (exact) mass is 540 g/mol. The first-order valence-corrected chi connectivity index (χ1v) is 12.6. The Balaban J connectivity index is 1.49. The van der Waals surface area contributed by atoms with Crippen LogP contribution >= 0.6 is 0 Å². The summed E-state index contributed by atoms with van der Waals surface area (Å²) in [7, 11) is 0. The van der Waals surface area contributed by atoms with E-state index in [2.05, 4.69) is 10.6 Å². The number of furan rings is 1. The molecule has 0 unspecified atom stereocenters. The Morgan fingerprint density at radius 1 is 0.875 bits per heavy atom. The summed E-state index contributed by atoms with van der Waals surface area (Å²) >= 11 is 0. The van der Waals surface area contributed by atoms with E-state index in [1.54, 1.807) is 18.2 Å². The van der Waals surface area contributed by atoms with Crippen LogP contribution in [0.3, 0.4) is 0 Å². The maximum Gasteiger partial charge on any atom is 0.332 e. The molecule has 2 N–H and O–H groups in total. The Labute approximate surface area is 227 Å². The van der Waals surface area contributed by atoms with Crippen molar-refractivity contribution >= 4 is 28.4 Å². The van der Waals surface area contributed by atoms with Crippen LogP contribution in [0.2, 0.25) is 0 Å². The first-order chi connectivity index (χ1) is 19.4. The van der Waals surface area contributed by atoms with Crippen LogP contribution in [0.25, 0.3) is 10.9 Å². The number of benzene rings is 3. The third-order valence-corrected chi connectivity index (χ3v) is 6.37. The molecule has 2 heterocycles. The molecule has 40 heavy (non-hydrogen) atoms. The molecule has 0 aliphatic rings. The van der Waals surface area contributed by atoms with Gasteiger partial charge in [0.05, 0.1) is 29.4 Å². The largest absolute Gasteiger partial charge is 0.467 e. The second-order valence-electron chi connectivity index (χ2n) is 9.09. The number of hydrogen-bond donors (Lipinski definition) is 2. The molecular weight excluding hydrogens is 515 g/mol. The molecule has 202 valence electrons. The van der Waals surface area contributed by atoms with E-state index in [9.17, 15) is 23.6 Å². The van der Waals surface area contributed by atoms with Crippen molar-refractivity contribution in [3.63, 3.8) is 0 Å².